The molecule has 7 nitrogen and oxygen atoms in total. The van der Waals surface area contributed by atoms with E-state index in [2.05, 4.69) is 10.3 Å². The van der Waals surface area contributed by atoms with Crippen molar-refractivity contribution in [3.8, 4) is 0 Å². The van der Waals surface area contributed by atoms with E-state index in [1.807, 2.05) is 0 Å². The number of unbranched alkanes of at least 4 members (excludes halogenated alkanes) is 3. The number of rotatable bonds is 8. The Hall–Kier alpha value is -1.73. The van der Waals surface area contributed by atoms with Crippen LogP contribution in [0.4, 0.5) is 5.69 Å². The van der Waals surface area contributed by atoms with Crippen LogP contribution in [0, 0.1) is 10.1 Å². The van der Waals surface area contributed by atoms with Gasteiger partial charge >= 0.3 is 0 Å². The standard InChI is InChI=1S/C12H16ClN3O4/c13-11-10(7-9(8-15-11)16(19)20)12(18)14-5-3-1-2-4-6-17/h7-8,17H,1-6H2,(H,14,18). The molecule has 1 rings (SSSR count). The summed E-state index contributed by atoms with van der Waals surface area (Å²) in [5.41, 5.74) is -0.279. The smallest absolute Gasteiger partial charge is 0.288 e. The van der Waals surface area contributed by atoms with Crippen LogP contribution in [0.1, 0.15) is 36.0 Å². The Morgan fingerprint density at radius 2 is 2.10 bits per heavy atom. The van der Waals surface area contributed by atoms with Crippen molar-refractivity contribution in [2.75, 3.05) is 13.2 Å². The number of hydrogen-bond donors (Lipinski definition) is 2. The molecular weight excluding hydrogens is 286 g/mol. The van der Waals surface area contributed by atoms with Crippen molar-refractivity contribution < 1.29 is 14.8 Å². The van der Waals surface area contributed by atoms with E-state index in [0.29, 0.717) is 6.54 Å². The van der Waals surface area contributed by atoms with Crippen molar-refractivity contribution >= 4 is 23.2 Å². The third-order valence-corrected chi connectivity index (χ3v) is 2.95. The summed E-state index contributed by atoms with van der Waals surface area (Å²) >= 11 is 5.75. The molecule has 1 heterocycles. The van der Waals surface area contributed by atoms with Crippen LogP contribution in [-0.4, -0.2) is 34.1 Å². The van der Waals surface area contributed by atoms with Gasteiger partial charge < -0.3 is 10.4 Å². The topological polar surface area (TPSA) is 105 Å². The molecule has 0 radical (unpaired) electrons. The van der Waals surface area contributed by atoms with Crippen molar-refractivity contribution in [3.05, 3.63) is 33.1 Å². The number of carbonyl (C=O) groups excluding carboxylic acids is 1. The highest BCUT2D eigenvalue weighted by atomic mass is 35.5. The normalized spacial score (nSPS) is 10.3. The van der Waals surface area contributed by atoms with Gasteiger partial charge in [0, 0.05) is 19.2 Å². The molecule has 0 unspecified atom stereocenters. The Kier molecular flexibility index (Phi) is 6.89. The van der Waals surface area contributed by atoms with Crippen molar-refractivity contribution in [1.82, 2.24) is 10.3 Å². The summed E-state index contributed by atoms with van der Waals surface area (Å²) in [4.78, 5) is 25.4. The second kappa shape index (κ2) is 8.44. The van der Waals surface area contributed by atoms with E-state index in [-0.39, 0.29) is 23.0 Å². The fourth-order valence-corrected chi connectivity index (χ4v) is 1.77. The Morgan fingerprint density at radius 3 is 2.75 bits per heavy atom. The molecule has 0 atom stereocenters. The molecule has 1 aromatic rings. The lowest BCUT2D eigenvalue weighted by Crippen LogP contribution is -2.25. The summed E-state index contributed by atoms with van der Waals surface area (Å²) in [6.45, 7) is 0.616. The van der Waals surface area contributed by atoms with Crippen LogP contribution in [0.2, 0.25) is 5.15 Å². The third-order valence-electron chi connectivity index (χ3n) is 2.65. The SMILES string of the molecule is O=C(NCCCCCCO)c1cc([N+](=O)[O-])cnc1Cl. The lowest BCUT2D eigenvalue weighted by molar-refractivity contribution is -0.385. The van der Waals surface area contributed by atoms with Gasteiger partial charge in [-0.3, -0.25) is 14.9 Å². The molecule has 0 saturated carbocycles. The molecule has 8 heteroatoms. The van der Waals surface area contributed by atoms with Crippen molar-refractivity contribution in [2.45, 2.75) is 25.7 Å². The third kappa shape index (κ3) is 5.10. The fourth-order valence-electron chi connectivity index (χ4n) is 1.58. The molecule has 0 spiro atoms. The number of nitrogens with zero attached hydrogens (tertiary/aromatic N) is 2. The summed E-state index contributed by atoms with van der Waals surface area (Å²) in [5, 5.41) is 21.8. The van der Waals surface area contributed by atoms with Crippen LogP contribution in [0.3, 0.4) is 0 Å². The van der Waals surface area contributed by atoms with Gasteiger partial charge in [0.2, 0.25) is 0 Å². The highest BCUT2D eigenvalue weighted by Gasteiger charge is 2.16. The molecule has 1 aromatic heterocycles. The number of hydrogen-bond acceptors (Lipinski definition) is 5. The molecule has 0 aliphatic heterocycles. The largest absolute Gasteiger partial charge is 0.396 e. The second-order valence-electron chi connectivity index (χ2n) is 4.18. The quantitative estimate of drug-likeness (QED) is 0.330. The van der Waals surface area contributed by atoms with Gasteiger partial charge in [0.05, 0.1) is 10.5 Å². The Bertz CT molecular complexity index is 482. The zero-order chi connectivity index (χ0) is 15.0. The maximum atomic E-state index is 11.8. The monoisotopic (exact) mass is 301 g/mol. The first-order chi connectivity index (χ1) is 9.56. The van der Waals surface area contributed by atoms with E-state index < -0.39 is 10.8 Å². The van der Waals surface area contributed by atoms with Crippen LogP contribution in [0.15, 0.2) is 12.3 Å². The van der Waals surface area contributed by atoms with E-state index >= 15 is 0 Å². The van der Waals surface area contributed by atoms with Gasteiger partial charge in [0.15, 0.2) is 0 Å². The Morgan fingerprint density at radius 1 is 1.40 bits per heavy atom. The molecule has 2 N–H and O–H groups in total. The average molecular weight is 302 g/mol. The van der Waals surface area contributed by atoms with Crippen molar-refractivity contribution in [1.29, 1.82) is 0 Å². The number of aliphatic hydroxyl groups is 1. The lowest BCUT2D eigenvalue weighted by Gasteiger charge is -2.06. The fraction of sp³-hybridized carbons (Fsp3) is 0.500. The van der Waals surface area contributed by atoms with Gasteiger partial charge in [-0.2, -0.15) is 0 Å². The van der Waals surface area contributed by atoms with Crippen molar-refractivity contribution in [2.24, 2.45) is 0 Å². The van der Waals surface area contributed by atoms with Gasteiger partial charge in [-0.15, -0.1) is 0 Å². The van der Waals surface area contributed by atoms with E-state index in [1.54, 1.807) is 0 Å². The van der Waals surface area contributed by atoms with Gasteiger partial charge in [0.25, 0.3) is 11.6 Å². The molecule has 0 saturated heterocycles. The van der Waals surface area contributed by atoms with Crippen LogP contribution >= 0.6 is 11.6 Å². The molecule has 20 heavy (non-hydrogen) atoms. The van der Waals surface area contributed by atoms with Gasteiger partial charge in [-0.25, -0.2) is 4.98 Å². The Labute approximate surface area is 121 Å². The van der Waals surface area contributed by atoms with E-state index in [0.717, 1.165) is 37.9 Å². The number of carbonyl (C=O) groups is 1. The first kappa shape index (κ1) is 16.3. The molecule has 0 aliphatic rings. The first-order valence-electron chi connectivity index (χ1n) is 6.25. The van der Waals surface area contributed by atoms with Gasteiger partial charge in [-0.05, 0) is 12.8 Å². The van der Waals surface area contributed by atoms with Crippen LogP contribution < -0.4 is 5.32 Å². The Balaban J connectivity index is 2.50. The highest BCUT2D eigenvalue weighted by Crippen LogP contribution is 2.18. The average Bonchev–Trinajstić information content (AvgIpc) is 2.42. The summed E-state index contributed by atoms with van der Waals surface area (Å²) in [6, 6.07) is 1.11. The maximum Gasteiger partial charge on any atom is 0.288 e. The number of aromatic nitrogens is 1. The zero-order valence-electron chi connectivity index (χ0n) is 10.8. The number of pyridine rings is 1. The van der Waals surface area contributed by atoms with Gasteiger partial charge in [0.1, 0.15) is 11.3 Å². The van der Waals surface area contributed by atoms with E-state index in [9.17, 15) is 14.9 Å². The molecule has 110 valence electrons. The summed E-state index contributed by atoms with van der Waals surface area (Å²) in [7, 11) is 0. The summed E-state index contributed by atoms with van der Waals surface area (Å²) in [6.07, 6.45) is 4.31. The summed E-state index contributed by atoms with van der Waals surface area (Å²) in [5.74, 6) is -0.478. The minimum atomic E-state index is -0.630. The van der Waals surface area contributed by atoms with Crippen LogP contribution in [0.25, 0.3) is 0 Å². The number of halogens is 1. The number of amides is 1. The number of nitro groups is 1. The molecule has 1 amide bonds. The van der Waals surface area contributed by atoms with Gasteiger partial charge in [-0.1, -0.05) is 24.4 Å². The van der Waals surface area contributed by atoms with Crippen LogP contribution in [-0.2, 0) is 0 Å². The van der Waals surface area contributed by atoms with Crippen LogP contribution in [0.5, 0.6) is 0 Å². The first-order valence-corrected chi connectivity index (χ1v) is 6.63. The second-order valence-corrected chi connectivity index (χ2v) is 4.54. The minimum absolute atomic E-state index is 0.00350. The summed E-state index contributed by atoms with van der Waals surface area (Å²) < 4.78 is 0. The zero-order valence-corrected chi connectivity index (χ0v) is 11.6. The molecule has 0 aliphatic carbocycles. The van der Waals surface area contributed by atoms with E-state index in [1.165, 1.54) is 0 Å². The van der Waals surface area contributed by atoms with E-state index in [4.69, 9.17) is 16.7 Å². The minimum Gasteiger partial charge on any atom is -0.396 e. The molecule has 0 aromatic carbocycles. The number of nitrogens with one attached hydrogen (secondary N) is 1. The maximum absolute atomic E-state index is 11.8. The van der Waals surface area contributed by atoms with Crippen molar-refractivity contribution in [3.63, 3.8) is 0 Å². The predicted octanol–water partition coefficient (Wildman–Crippen LogP) is 1.93. The molecule has 0 fully saturated rings. The molecule has 0 bridgehead atoms. The molecular formula is C12H16ClN3O4. The predicted molar refractivity (Wildman–Crippen MR) is 73.8 cm³/mol. The highest BCUT2D eigenvalue weighted by molar-refractivity contribution is 6.32. The lowest BCUT2D eigenvalue weighted by atomic mass is 10.2. The number of aliphatic hydroxyl groups excluding tert-OH is 1.